The largest absolute Gasteiger partial charge is 0.355 e. The highest BCUT2D eigenvalue weighted by molar-refractivity contribution is 5.95. The standard InChI is InChI=1S/C24H32N4O2/c1-18(2)20-6-4-19(5-7-20)16-27-12-14-28(15-13-27)17-23(29)26-22-10-8-21(9-11-22)24(30)25-3/h4-11,18H,12-17H2,1-3H3,(H,25,30)(H,26,29)/p+2. The Kier molecular flexibility index (Phi) is 7.60. The lowest BCUT2D eigenvalue weighted by molar-refractivity contribution is -1.02. The number of hydrogen-bond acceptors (Lipinski definition) is 2. The fraction of sp³-hybridized carbons (Fsp3) is 0.417. The first-order valence-corrected chi connectivity index (χ1v) is 10.8. The van der Waals surface area contributed by atoms with Crippen molar-refractivity contribution in [1.82, 2.24) is 5.32 Å². The number of rotatable bonds is 7. The lowest BCUT2D eigenvalue weighted by Crippen LogP contribution is -3.28. The van der Waals surface area contributed by atoms with Gasteiger partial charge in [-0.3, -0.25) is 9.59 Å². The molecule has 0 atom stereocenters. The molecule has 0 bridgehead atoms. The van der Waals surface area contributed by atoms with Gasteiger partial charge in [0.05, 0.1) is 0 Å². The summed E-state index contributed by atoms with van der Waals surface area (Å²) >= 11 is 0. The number of hydrogen-bond donors (Lipinski definition) is 4. The molecule has 30 heavy (non-hydrogen) atoms. The minimum absolute atomic E-state index is 0.0189. The SMILES string of the molecule is CNC(=O)c1ccc(NC(=O)C[NH+]2CC[NH+](Cc3ccc(C(C)C)cc3)CC2)cc1. The molecule has 1 aliphatic heterocycles. The van der Waals surface area contributed by atoms with Gasteiger partial charge in [0.25, 0.3) is 11.8 Å². The smallest absolute Gasteiger partial charge is 0.279 e. The Balaban J connectivity index is 1.41. The summed E-state index contributed by atoms with van der Waals surface area (Å²) in [4.78, 5) is 26.9. The highest BCUT2D eigenvalue weighted by Gasteiger charge is 2.25. The van der Waals surface area contributed by atoms with Crippen molar-refractivity contribution in [3.8, 4) is 0 Å². The van der Waals surface area contributed by atoms with E-state index in [9.17, 15) is 9.59 Å². The van der Waals surface area contributed by atoms with Gasteiger partial charge in [0.2, 0.25) is 0 Å². The van der Waals surface area contributed by atoms with Crippen LogP contribution in [0, 0.1) is 0 Å². The summed E-state index contributed by atoms with van der Waals surface area (Å²) in [5.74, 6) is 0.456. The summed E-state index contributed by atoms with van der Waals surface area (Å²) in [7, 11) is 1.60. The maximum atomic E-state index is 12.4. The Morgan fingerprint density at radius 3 is 2.07 bits per heavy atom. The van der Waals surface area contributed by atoms with E-state index < -0.39 is 0 Å². The lowest BCUT2D eigenvalue weighted by Gasteiger charge is -2.29. The zero-order chi connectivity index (χ0) is 21.5. The van der Waals surface area contributed by atoms with E-state index in [2.05, 4.69) is 48.7 Å². The zero-order valence-corrected chi connectivity index (χ0v) is 18.3. The van der Waals surface area contributed by atoms with Gasteiger partial charge in [-0.1, -0.05) is 38.1 Å². The minimum Gasteiger partial charge on any atom is -0.355 e. The topological polar surface area (TPSA) is 67.1 Å². The van der Waals surface area contributed by atoms with E-state index in [0.717, 1.165) is 38.4 Å². The van der Waals surface area contributed by atoms with Crippen LogP contribution in [0.1, 0.15) is 41.3 Å². The van der Waals surface area contributed by atoms with E-state index in [1.165, 1.54) is 16.0 Å². The monoisotopic (exact) mass is 410 g/mol. The van der Waals surface area contributed by atoms with Crippen molar-refractivity contribution >= 4 is 17.5 Å². The number of carbonyl (C=O) groups excluding carboxylic acids is 2. The average Bonchev–Trinajstić information content (AvgIpc) is 2.75. The fourth-order valence-corrected chi connectivity index (χ4v) is 3.90. The molecule has 6 heteroatoms. The van der Waals surface area contributed by atoms with E-state index in [1.807, 2.05) is 0 Å². The van der Waals surface area contributed by atoms with Crippen molar-refractivity contribution < 1.29 is 19.4 Å². The summed E-state index contributed by atoms with van der Waals surface area (Å²) < 4.78 is 0. The van der Waals surface area contributed by atoms with E-state index in [-0.39, 0.29) is 11.8 Å². The van der Waals surface area contributed by atoms with Crippen LogP contribution in [-0.2, 0) is 11.3 Å². The molecule has 0 unspecified atom stereocenters. The second-order valence-electron chi connectivity index (χ2n) is 8.45. The molecule has 0 aliphatic carbocycles. The number of quaternary nitrogens is 2. The number of carbonyl (C=O) groups is 2. The molecule has 1 fully saturated rings. The van der Waals surface area contributed by atoms with E-state index in [1.54, 1.807) is 36.2 Å². The summed E-state index contributed by atoms with van der Waals surface area (Å²) in [6, 6.07) is 16.0. The predicted octanol–water partition coefficient (Wildman–Crippen LogP) is 0.0917. The van der Waals surface area contributed by atoms with E-state index in [4.69, 9.17) is 0 Å². The van der Waals surface area contributed by atoms with Crippen molar-refractivity contribution in [3.05, 3.63) is 65.2 Å². The Morgan fingerprint density at radius 2 is 1.50 bits per heavy atom. The molecule has 4 N–H and O–H groups in total. The van der Waals surface area contributed by atoms with Crippen molar-refractivity contribution in [2.45, 2.75) is 26.3 Å². The second kappa shape index (κ2) is 10.4. The van der Waals surface area contributed by atoms with Crippen LogP contribution >= 0.6 is 0 Å². The maximum Gasteiger partial charge on any atom is 0.279 e. The summed E-state index contributed by atoms with van der Waals surface area (Å²) in [6.45, 7) is 10.1. The average molecular weight is 411 g/mol. The van der Waals surface area contributed by atoms with E-state index >= 15 is 0 Å². The van der Waals surface area contributed by atoms with Gasteiger partial charge in [0.15, 0.2) is 6.54 Å². The molecule has 2 aromatic carbocycles. The van der Waals surface area contributed by atoms with Crippen molar-refractivity contribution in [2.24, 2.45) is 0 Å². The van der Waals surface area contributed by atoms with Gasteiger partial charge in [0.1, 0.15) is 32.7 Å². The first-order chi connectivity index (χ1) is 14.4. The highest BCUT2D eigenvalue weighted by Crippen LogP contribution is 2.14. The fourth-order valence-electron chi connectivity index (χ4n) is 3.90. The van der Waals surface area contributed by atoms with Crippen LogP contribution in [0.3, 0.4) is 0 Å². The van der Waals surface area contributed by atoms with Crippen LogP contribution in [0.15, 0.2) is 48.5 Å². The molecule has 1 saturated heterocycles. The Labute approximate surface area is 179 Å². The number of piperazine rings is 1. The van der Waals surface area contributed by atoms with Crippen molar-refractivity contribution in [2.75, 3.05) is 45.1 Å². The van der Waals surface area contributed by atoms with Gasteiger partial charge in [-0.25, -0.2) is 0 Å². The first kappa shape index (κ1) is 22.0. The molecule has 0 spiro atoms. The number of nitrogens with one attached hydrogen (secondary N) is 4. The molecule has 1 aliphatic rings. The molecule has 0 saturated carbocycles. The van der Waals surface area contributed by atoms with Crippen LogP contribution in [0.4, 0.5) is 5.69 Å². The van der Waals surface area contributed by atoms with E-state index in [0.29, 0.717) is 18.0 Å². The Morgan fingerprint density at radius 1 is 0.900 bits per heavy atom. The second-order valence-corrected chi connectivity index (χ2v) is 8.45. The van der Waals surface area contributed by atoms with Gasteiger partial charge >= 0.3 is 0 Å². The summed E-state index contributed by atoms with van der Waals surface area (Å²) in [5.41, 5.74) is 4.08. The molecular formula is C24H34N4O2+2. The number of anilines is 1. The molecule has 6 nitrogen and oxygen atoms in total. The lowest BCUT2D eigenvalue weighted by atomic mass is 10.0. The zero-order valence-electron chi connectivity index (χ0n) is 18.3. The molecular weight excluding hydrogens is 376 g/mol. The number of amides is 2. The predicted molar refractivity (Wildman–Crippen MR) is 119 cm³/mol. The summed E-state index contributed by atoms with van der Waals surface area (Å²) in [6.07, 6.45) is 0. The number of benzene rings is 2. The third-order valence-corrected chi connectivity index (χ3v) is 5.83. The van der Waals surface area contributed by atoms with Gasteiger partial charge < -0.3 is 20.4 Å². The van der Waals surface area contributed by atoms with Crippen LogP contribution < -0.4 is 20.4 Å². The van der Waals surface area contributed by atoms with Crippen LogP contribution in [-0.4, -0.2) is 51.6 Å². The van der Waals surface area contributed by atoms with Crippen LogP contribution in [0.5, 0.6) is 0 Å². The third kappa shape index (κ3) is 6.15. The highest BCUT2D eigenvalue weighted by atomic mass is 16.2. The van der Waals surface area contributed by atoms with Crippen LogP contribution in [0.25, 0.3) is 0 Å². The van der Waals surface area contributed by atoms with Gasteiger partial charge in [-0.05, 0) is 35.7 Å². The first-order valence-electron chi connectivity index (χ1n) is 10.8. The molecule has 2 aromatic rings. The summed E-state index contributed by atoms with van der Waals surface area (Å²) in [5, 5.41) is 5.53. The maximum absolute atomic E-state index is 12.4. The third-order valence-electron chi connectivity index (χ3n) is 5.83. The van der Waals surface area contributed by atoms with Gasteiger partial charge in [-0.2, -0.15) is 0 Å². The molecule has 1 heterocycles. The van der Waals surface area contributed by atoms with Crippen molar-refractivity contribution in [1.29, 1.82) is 0 Å². The molecule has 3 rings (SSSR count). The molecule has 2 amide bonds. The van der Waals surface area contributed by atoms with Crippen LogP contribution in [0.2, 0.25) is 0 Å². The van der Waals surface area contributed by atoms with Gasteiger partial charge in [0, 0.05) is 23.9 Å². The Hall–Kier alpha value is -2.70. The minimum atomic E-state index is -0.131. The molecule has 0 aromatic heterocycles. The Bertz CT molecular complexity index is 839. The van der Waals surface area contributed by atoms with Gasteiger partial charge in [-0.15, -0.1) is 0 Å². The molecule has 0 radical (unpaired) electrons. The quantitative estimate of drug-likeness (QED) is 0.523. The normalized spacial score (nSPS) is 18.8. The molecule has 160 valence electrons. The van der Waals surface area contributed by atoms with Crippen molar-refractivity contribution in [3.63, 3.8) is 0 Å².